The topological polar surface area (TPSA) is 87.3 Å². The van der Waals surface area contributed by atoms with Crippen LogP contribution in [0.3, 0.4) is 0 Å². The predicted molar refractivity (Wildman–Crippen MR) is 100 cm³/mol. The molecule has 0 unspecified atom stereocenters. The summed E-state index contributed by atoms with van der Waals surface area (Å²) in [5.41, 5.74) is 7.75. The average Bonchev–Trinajstić information content (AvgIpc) is 2.62. The van der Waals surface area contributed by atoms with Crippen LogP contribution in [0.25, 0.3) is 0 Å². The van der Waals surface area contributed by atoms with Crippen molar-refractivity contribution in [1.29, 1.82) is 0 Å². The van der Waals surface area contributed by atoms with E-state index in [1.54, 1.807) is 24.3 Å². The van der Waals surface area contributed by atoms with Crippen molar-refractivity contribution in [1.82, 2.24) is 10.9 Å². The Labute approximate surface area is 153 Å². The SMILES string of the molecule is CCCC(=O)Nc1ccc(C(=O)NNC(=O)Cc2ccccc2C)cc1. The molecule has 6 nitrogen and oxygen atoms in total. The van der Waals surface area contributed by atoms with Crippen molar-refractivity contribution >= 4 is 23.4 Å². The van der Waals surface area contributed by atoms with E-state index in [0.29, 0.717) is 17.7 Å². The molecule has 0 aliphatic carbocycles. The van der Waals surface area contributed by atoms with Crippen LogP contribution in [0.5, 0.6) is 0 Å². The summed E-state index contributed by atoms with van der Waals surface area (Å²) in [6.07, 6.45) is 1.42. The van der Waals surface area contributed by atoms with Gasteiger partial charge in [-0.25, -0.2) is 0 Å². The largest absolute Gasteiger partial charge is 0.326 e. The highest BCUT2D eigenvalue weighted by molar-refractivity contribution is 5.96. The minimum Gasteiger partial charge on any atom is -0.326 e. The fourth-order valence-electron chi connectivity index (χ4n) is 2.38. The van der Waals surface area contributed by atoms with Gasteiger partial charge in [-0.2, -0.15) is 0 Å². The zero-order valence-electron chi connectivity index (χ0n) is 15.0. The first kappa shape index (κ1) is 19.2. The van der Waals surface area contributed by atoms with E-state index in [0.717, 1.165) is 17.5 Å². The van der Waals surface area contributed by atoms with Crippen LogP contribution >= 0.6 is 0 Å². The van der Waals surface area contributed by atoms with Gasteiger partial charge in [0.2, 0.25) is 11.8 Å². The fourth-order valence-corrected chi connectivity index (χ4v) is 2.38. The van der Waals surface area contributed by atoms with E-state index in [9.17, 15) is 14.4 Å². The van der Waals surface area contributed by atoms with Crippen molar-refractivity contribution in [2.24, 2.45) is 0 Å². The summed E-state index contributed by atoms with van der Waals surface area (Å²) in [5.74, 6) is -0.779. The third kappa shape index (κ3) is 5.73. The molecule has 0 fully saturated rings. The second kappa shape index (κ2) is 9.36. The lowest BCUT2D eigenvalue weighted by Gasteiger charge is -2.09. The first-order chi connectivity index (χ1) is 12.5. The Morgan fingerprint density at radius 2 is 1.58 bits per heavy atom. The highest BCUT2D eigenvalue weighted by Crippen LogP contribution is 2.10. The van der Waals surface area contributed by atoms with Crippen LogP contribution in [0.2, 0.25) is 0 Å². The second-order valence-electron chi connectivity index (χ2n) is 5.98. The van der Waals surface area contributed by atoms with Gasteiger partial charge >= 0.3 is 0 Å². The number of carbonyl (C=O) groups is 3. The molecule has 0 aliphatic rings. The van der Waals surface area contributed by atoms with Gasteiger partial charge in [0.15, 0.2) is 0 Å². The van der Waals surface area contributed by atoms with Crippen LogP contribution in [-0.2, 0) is 16.0 Å². The number of benzene rings is 2. The van der Waals surface area contributed by atoms with Crippen LogP contribution in [0, 0.1) is 6.92 Å². The summed E-state index contributed by atoms with van der Waals surface area (Å²) >= 11 is 0. The molecule has 3 N–H and O–H groups in total. The maximum absolute atomic E-state index is 12.1. The summed E-state index contributed by atoms with van der Waals surface area (Å²) in [7, 11) is 0. The van der Waals surface area contributed by atoms with Crippen LogP contribution in [-0.4, -0.2) is 17.7 Å². The number of anilines is 1. The third-order valence-electron chi connectivity index (χ3n) is 3.84. The van der Waals surface area contributed by atoms with Crippen molar-refractivity contribution in [2.45, 2.75) is 33.1 Å². The lowest BCUT2D eigenvalue weighted by atomic mass is 10.1. The number of hydrazine groups is 1. The highest BCUT2D eigenvalue weighted by atomic mass is 16.2. The lowest BCUT2D eigenvalue weighted by molar-refractivity contribution is -0.121. The molecular weight excluding hydrogens is 330 g/mol. The van der Waals surface area contributed by atoms with Crippen molar-refractivity contribution in [3.05, 3.63) is 65.2 Å². The number of rotatable bonds is 6. The van der Waals surface area contributed by atoms with Gasteiger partial charge in [0, 0.05) is 17.7 Å². The second-order valence-corrected chi connectivity index (χ2v) is 5.98. The van der Waals surface area contributed by atoms with Crippen LogP contribution in [0.15, 0.2) is 48.5 Å². The first-order valence-electron chi connectivity index (χ1n) is 8.53. The minimum atomic E-state index is -0.422. The zero-order valence-corrected chi connectivity index (χ0v) is 15.0. The van der Waals surface area contributed by atoms with E-state index in [1.807, 2.05) is 38.1 Å². The first-order valence-corrected chi connectivity index (χ1v) is 8.53. The van der Waals surface area contributed by atoms with Gasteiger partial charge in [0.1, 0.15) is 0 Å². The van der Waals surface area contributed by atoms with Gasteiger partial charge in [-0.15, -0.1) is 0 Å². The predicted octanol–water partition coefficient (Wildman–Crippen LogP) is 2.74. The van der Waals surface area contributed by atoms with Gasteiger partial charge < -0.3 is 5.32 Å². The lowest BCUT2D eigenvalue weighted by Crippen LogP contribution is -2.42. The van der Waals surface area contributed by atoms with Crippen LogP contribution in [0.4, 0.5) is 5.69 Å². The zero-order chi connectivity index (χ0) is 18.9. The summed E-state index contributed by atoms with van der Waals surface area (Å²) in [5, 5.41) is 2.75. The molecular formula is C20H23N3O3. The number of amides is 3. The molecule has 0 heterocycles. The van der Waals surface area contributed by atoms with E-state index < -0.39 is 5.91 Å². The van der Waals surface area contributed by atoms with Crippen LogP contribution in [0.1, 0.15) is 41.3 Å². The average molecular weight is 353 g/mol. The molecule has 0 spiro atoms. The van der Waals surface area contributed by atoms with E-state index in [4.69, 9.17) is 0 Å². The molecule has 3 amide bonds. The Balaban J connectivity index is 1.84. The molecule has 136 valence electrons. The molecule has 0 bridgehead atoms. The Kier molecular flexibility index (Phi) is 6.91. The van der Waals surface area contributed by atoms with Gasteiger partial charge in [-0.3, -0.25) is 25.2 Å². The molecule has 6 heteroatoms. The Hall–Kier alpha value is -3.15. The number of nitrogens with one attached hydrogen (secondary N) is 3. The van der Waals surface area contributed by atoms with Crippen molar-refractivity contribution in [3.8, 4) is 0 Å². The molecule has 0 saturated heterocycles. The van der Waals surface area contributed by atoms with Gasteiger partial charge in [0.05, 0.1) is 6.42 Å². The molecule has 0 atom stereocenters. The van der Waals surface area contributed by atoms with Crippen molar-refractivity contribution in [3.63, 3.8) is 0 Å². The van der Waals surface area contributed by atoms with E-state index in [2.05, 4.69) is 16.2 Å². The molecule has 0 saturated carbocycles. The number of hydrogen-bond acceptors (Lipinski definition) is 3. The summed E-state index contributed by atoms with van der Waals surface area (Å²) in [6.45, 7) is 3.86. The molecule has 0 aliphatic heterocycles. The maximum atomic E-state index is 12.1. The third-order valence-corrected chi connectivity index (χ3v) is 3.84. The fraction of sp³-hybridized carbons (Fsp3) is 0.250. The quantitative estimate of drug-likeness (QED) is 0.698. The number of aryl methyl sites for hydroxylation is 1. The van der Waals surface area contributed by atoms with Crippen LogP contribution < -0.4 is 16.2 Å². The monoisotopic (exact) mass is 353 g/mol. The Morgan fingerprint density at radius 3 is 2.23 bits per heavy atom. The molecule has 0 aromatic heterocycles. The molecule has 26 heavy (non-hydrogen) atoms. The molecule has 0 radical (unpaired) electrons. The van der Waals surface area contributed by atoms with E-state index in [1.165, 1.54) is 0 Å². The van der Waals surface area contributed by atoms with Crippen molar-refractivity contribution < 1.29 is 14.4 Å². The van der Waals surface area contributed by atoms with Crippen molar-refractivity contribution in [2.75, 3.05) is 5.32 Å². The molecule has 2 aromatic carbocycles. The number of carbonyl (C=O) groups excluding carboxylic acids is 3. The van der Waals surface area contributed by atoms with Gasteiger partial charge in [0.25, 0.3) is 5.91 Å². The highest BCUT2D eigenvalue weighted by Gasteiger charge is 2.09. The van der Waals surface area contributed by atoms with E-state index in [-0.39, 0.29) is 18.2 Å². The Morgan fingerprint density at radius 1 is 0.885 bits per heavy atom. The standard InChI is InChI=1S/C20H23N3O3/c1-3-6-18(24)21-17-11-9-15(10-12-17)20(26)23-22-19(25)13-16-8-5-4-7-14(16)2/h4-5,7-12H,3,6,13H2,1-2H3,(H,21,24)(H,22,25)(H,23,26). The summed E-state index contributed by atoms with van der Waals surface area (Å²) < 4.78 is 0. The summed E-state index contributed by atoms with van der Waals surface area (Å²) in [4.78, 5) is 35.6. The number of hydrogen-bond donors (Lipinski definition) is 3. The van der Waals surface area contributed by atoms with Gasteiger partial charge in [-0.1, -0.05) is 31.2 Å². The smallest absolute Gasteiger partial charge is 0.269 e. The summed E-state index contributed by atoms with van der Waals surface area (Å²) in [6, 6.07) is 14.1. The van der Waals surface area contributed by atoms with Gasteiger partial charge in [-0.05, 0) is 48.7 Å². The van der Waals surface area contributed by atoms with E-state index >= 15 is 0 Å². The maximum Gasteiger partial charge on any atom is 0.269 e. The minimum absolute atomic E-state index is 0.0619. The molecule has 2 aromatic rings. The molecule has 2 rings (SSSR count). The normalized spacial score (nSPS) is 10.1. The Bertz CT molecular complexity index is 785.